The molecule has 0 saturated carbocycles. The molecular formula is C12H19NS. The first-order chi connectivity index (χ1) is 6.93. The maximum absolute atomic E-state index is 3.44. The molecule has 0 spiro atoms. The van der Waals surface area contributed by atoms with Crippen molar-refractivity contribution in [1.29, 1.82) is 0 Å². The van der Waals surface area contributed by atoms with Crippen molar-refractivity contribution in [1.82, 2.24) is 5.32 Å². The van der Waals surface area contributed by atoms with Crippen LogP contribution in [0.25, 0.3) is 0 Å². The lowest BCUT2D eigenvalue weighted by Gasteiger charge is -2.03. The molecular weight excluding hydrogens is 190 g/mol. The Morgan fingerprint density at radius 3 is 2.64 bits per heavy atom. The third-order valence-corrected chi connectivity index (χ3v) is 3.01. The summed E-state index contributed by atoms with van der Waals surface area (Å²) in [6, 6.07) is 10.6. The second-order valence-corrected chi connectivity index (χ2v) is 4.43. The molecule has 0 bridgehead atoms. The maximum atomic E-state index is 3.44. The fourth-order valence-electron chi connectivity index (χ4n) is 1.18. The van der Waals surface area contributed by atoms with E-state index in [-0.39, 0.29) is 0 Å². The number of unbranched alkanes of at least 4 members (excludes halogenated alkanes) is 1. The topological polar surface area (TPSA) is 12.0 Å². The van der Waals surface area contributed by atoms with Crippen LogP contribution in [0.5, 0.6) is 0 Å². The first kappa shape index (κ1) is 11.6. The van der Waals surface area contributed by atoms with Gasteiger partial charge in [0.1, 0.15) is 0 Å². The summed E-state index contributed by atoms with van der Waals surface area (Å²) < 4.78 is 0. The Labute approximate surface area is 91.3 Å². The van der Waals surface area contributed by atoms with Crippen molar-refractivity contribution >= 4 is 11.8 Å². The van der Waals surface area contributed by atoms with Gasteiger partial charge in [-0.2, -0.15) is 0 Å². The molecule has 2 heteroatoms. The van der Waals surface area contributed by atoms with E-state index >= 15 is 0 Å². The van der Waals surface area contributed by atoms with Crippen LogP contribution in [0.4, 0.5) is 0 Å². The lowest BCUT2D eigenvalue weighted by atomic mass is 10.3. The average molecular weight is 209 g/mol. The number of benzene rings is 1. The second kappa shape index (κ2) is 7.89. The fraction of sp³-hybridized carbons (Fsp3) is 0.500. The molecule has 0 fully saturated rings. The van der Waals surface area contributed by atoms with Crippen LogP contribution in [-0.2, 0) is 0 Å². The number of hydrogen-bond acceptors (Lipinski definition) is 2. The van der Waals surface area contributed by atoms with Crippen LogP contribution in [0, 0.1) is 0 Å². The molecule has 14 heavy (non-hydrogen) atoms. The van der Waals surface area contributed by atoms with E-state index in [1.54, 1.807) is 0 Å². The second-order valence-electron chi connectivity index (χ2n) is 3.27. The van der Waals surface area contributed by atoms with Crippen molar-refractivity contribution in [2.24, 2.45) is 0 Å². The molecule has 1 N–H and O–H groups in total. The van der Waals surface area contributed by atoms with Crippen LogP contribution < -0.4 is 5.32 Å². The van der Waals surface area contributed by atoms with Gasteiger partial charge in [0, 0.05) is 17.2 Å². The Bertz CT molecular complexity index is 223. The smallest absolute Gasteiger partial charge is 0.0106 e. The third-order valence-electron chi connectivity index (χ3n) is 2.00. The lowest BCUT2D eigenvalue weighted by molar-refractivity contribution is 0.666. The normalized spacial score (nSPS) is 10.4. The molecule has 0 radical (unpaired) electrons. The van der Waals surface area contributed by atoms with E-state index in [0.29, 0.717) is 0 Å². The number of hydrogen-bond donors (Lipinski definition) is 1. The van der Waals surface area contributed by atoms with Crippen LogP contribution in [0.15, 0.2) is 35.2 Å². The van der Waals surface area contributed by atoms with Gasteiger partial charge in [0.2, 0.25) is 0 Å². The summed E-state index contributed by atoms with van der Waals surface area (Å²) in [7, 11) is 0. The van der Waals surface area contributed by atoms with Gasteiger partial charge in [-0.25, -0.2) is 0 Å². The third kappa shape index (κ3) is 5.30. The first-order valence-electron chi connectivity index (χ1n) is 5.32. The molecule has 0 aliphatic carbocycles. The fourth-order valence-corrected chi connectivity index (χ4v) is 2.02. The Hall–Kier alpha value is -0.470. The van der Waals surface area contributed by atoms with Gasteiger partial charge in [0.15, 0.2) is 0 Å². The molecule has 0 saturated heterocycles. The van der Waals surface area contributed by atoms with Crippen molar-refractivity contribution in [3.05, 3.63) is 30.3 Å². The highest BCUT2D eigenvalue weighted by molar-refractivity contribution is 7.99. The molecule has 1 aromatic rings. The molecule has 0 aliphatic rings. The Balaban J connectivity index is 1.99. The number of nitrogens with one attached hydrogen (secondary N) is 1. The predicted molar refractivity (Wildman–Crippen MR) is 64.9 cm³/mol. The summed E-state index contributed by atoms with van der Waals surface area (Å²) in [6.07, 6.45) is 2.56. The number of thioether (sulfide) groups is 1. The minimum atomic E-state index is 1.11. The van der Waals surface area contributed by atoms with Gasteiger partial charge in [-0.15, -0.1) is 11.8 Å². The zero-order valence-electron chi connectivity index (χ0n) is 8.83. The minimum absolute atomic E-state index is 1.11. The molecule has 1 rings (SSSR count). The van der Waals surface area contributed by atoms with Crippen LogP contribution in [0.2, 0.25) is 0 Å². The molecule has 0 atom stereocenters. The molecule has 0 aliphatic heterocycles. The monoisotopic (exact) mass is 209 g/mol. The van der Waals surface area contributed by atoms with E-state index in [2.05, 4.69) is 42.6 Å². The lowest BCUT2D eigenvalue weighted by Crippen LogP contribution is -2.18. The Morgan fingerprint density at radius 1 is 1.14 bits per heavy atom. The average Bonchev–Trinajstić information content (AvgIpc) is 2.25. The highest BCUT2D eigenvalue weighted by Gasteiger charge is 1.91. The molecule has 0 heterocycles. The van der Waals surface area contributed by atoms with E-state index in [9.17, 15) is 0 Å². The van der Waals surface area contributed by atoms with Crippen molar-refractivity contribution in [2.75, 3.05) is 18.8 Å². The van der Waals surface area contributed by atoms with Crippen LogP contribution in [0.1, 0.15) is 19.8 Å². The van der Waals surface area contributed by atoms with E-state index in [1.165, 1.54) is 17.7 Å². The standard InChI is InChI=1S/C12H19NS/c1-2-3-9-13-10-11-14-12-7-5-4-6-8-12/h4-8,13H,2-3,9-11H2,1H3. The molecule has 1 nitrogen and oxygen atoms in total. The van der Waals surface area contributed by atoms with E-state index < -0.39 is 0 Å². The summed E-state index contributed by atoms with van der Waals surface area (Å²) in [5.41, 5.74) is 0. The van der Waals surface area contributed by atoms with E-state index in [4.69, 9.17) is 0 Å². The largest absolute Gasteiger partial charge is 0.316 e. The highest BCUT2D eigenvalue weighted by atomic mass is 32.2. The Morgan fingerprint density at radius 2 is 1.93 bits per heavy atom. The van der Waals surface area contributed by atoms with Crippen molar-refractivity contribution in [3.63, 3.8) is 0 Å². The van der Waals surface area contributed by atoms with Gasteiger partial charge in [-0.1, -0.05) is 31.5 Å². The van der Waals surface area contributed by atoms with Gasteiger partial charge in [-0.3, -0.25) is 0 Å². The van der Waals surface area contributed by atoms with Crippen molar-refractivity contribution < 1.29 is 0 Å². The summed E-state index contributed by atoms with van der Waals surface area (Å²) in [4.78, 5) is 1.37. The minimum Gasteiger partial charge on any atom is -0.316 e. The molecule has 0 unspecified atom stereocenters. The highest BCUT2D eigenvalue weighted by Crippen LogP contribution is 2.15. The molecule has 0 aromatic heterocycles. The molecule has 0 amide bonds. The Kier molecular flexibility index (Phi) is 6.54. The number of rotatable bonds is 7. The van der Waals surface area contributed by atoms with Crippen LogP contribution in [0.3, 0.4) is 0 Å². The predicted octanol–water partition coefficient (Wildman–Crippen LogP) is 3.17. The molecule has 78 valence electrons. The zero-order chi connectivity index (χ0) is 10.1. The van der Waals surface area contributed by atoms with Gasteiger partial charge in [0.25, 0.3) is 0 Å². The van der Waals surface area contributed by atoms with Gasteiger partial charge in [-0.05, 0) is 25.1 Å². The molecule has 1 aromatic carbocycles. The van der Waals surface area contributed by atoms with Crippen LogP contribution in [-0.4, -0.2) is 18.8 Å². The summed E-state index contributed by atoms with van der Waals surface area (Å²) in [5.74, 6) is 1.16. The van der Waals surface area contributed by atoms with Crippen LogP contribution >= 0.6 is 11.8 Å². The van der Waals surface area contributed by atoms with E-state index in [1.807, 2.05) is 11.8 Å². The van der Waals surface area contributed by atoms with E-state index in [0.717, 1.165) is 18.8 Å². The summed E-state index contributed by atoms with van der Waals surface area (Å²) >= 11 is 1.92. The van der Waals surface area contributed by atoms with Gasteiger partial charge in [0.05, 0.1) is 0 Å². The maximum Gasteiger partial charge on any atom is 0.0106 e. The quantitative estimate of drug-likeness (QED) is 0.547. The van der Waals surface area contributed by atoms with Gasteiger partial charge < -0.3 is 5.32 Å². The van der Waals surface area contributed by atoms with Crippen molar-refractivity contribution in [2.45, 2.75) is 24.7 Å². The van der Waals surface area contributed by atoms with Gasteiger partial charge >= 0.3 is 0 Å². The summed E-state index contributed by atoms with van der Waals surface area (Å²) in [5, 5.41) is 3.44. The van der Waals surface area contributed by atoms with Crippen molar-refractivity contribution in [3.8, 4) is 0 Å². The summed E-state index contributed by atoms with van der Waals surface area (Å²) in [6.45, 7) is 4.49. The SMILES string of the molecule is CCCCNCCSc1ccccc1. The first-order valence-corrected chi connectivity index (χ1v) is 6.30. The zero-order valence-corrected chi connectivity index (χ0v) is 9.65.